The van der Waals surface area contributed by atoms with E-state index in [9.17, 15) is 33.1 Å². The van der Waals surface area contributed by atoms with Crippen molar-refractivity contribution in [2.75, 3.05) is 31.6 Å². The van der Waals surface area contributed by atoms with Gasteiger partial charge in [0, 0.05) is 34.0 Å². The van der Waals surface area contributed by atoms with Crippen LogP contribution in [0.25, 0.3) is 0 Å². The number of aromatic nitrogens is 1. The highest BCUT2D eigenvalue weighted by Crippen LogP contribution is 2.41. The Kier molecular flexibility index (Phi) is 11.6. The van der Waals surface area contributed by atoms with Crippen molar-refractivity contribution < 1.29 is 52.0 Å². The summed E-state index contributed by atoms with van der Waals surface area (Å²) in [5.41, 5.74) is 1.49. The minimum absolute atomic E-state index is 0.0318. The van der Waals surface area contributed by atoms with Crippen molar-refractivity contribution in [1.29, 1.82) is 0 Å². The summed E-state index contributed by atoms with van der Waals surface area (Å²) in [5.74, 6) is -3.16. The average Bonchev–Trinajstić information content (AvgIpc) is 3.99. The fourth-order valence-corrected chi connectivity index (χ4v) is 7.98. The predicted molar refractivity (Wildman–Crippen MR) is 193 cm³/mol. The van der Waals surface area contributed by atoms with Gasteiger partial charge in [0.05, 0.1) is 12.6 Å². The lowest BCUT2D eigenvalue weighted by Crippen LogP contribution is -2.52. The maximum absolute atomic E-state index is 14.0. The average molecular weight is 801 g/mol. The van der Waals surface area contributed by atoms with Crippen LogP contribution in [0.2, 0.25) is 10.0 Å². The Hall–Kier alpha value is -4.72. The monoisotopic (exact) mass is 799 g/mol. The van der Waals surface area contributed by atoms with E-state index in [1.54, 1.807) is 6.07 Å². The van der Waals surface area contributed by atoms with E-state index in [4.69, 9.17) is 37.4 Å². The maximum atomic E-state index is 14.0. The van der Waals surface area contributed by atoms with E-state index in [2.05, 4.69) is 10.2 Å². The van der Waals surface area contributed by atoms with Gasteiger partial charge in [0.1, 0.15) is 22.0 Å². The van der Waals surface area contributed by atoms with Gasteiger partial charge in [-0.25, -0.2) is 9.18 Å². The number of benzene rings is 3. The van der Waals surface area contributed by atoms with Crippen molar-refractivity contribution in [2.24, 2.45) is 11.8 Å². The number of anilines is 1. The fourth-order valence-electron chi connectivity index (χ4n) is 7.37. The number of aromatic carboxylic acids is 1. The lowest BCUT2D eigenvalue weighted by molar-refractivity contribution is -0.904. The van der Waals surface area contributed by atoms with Gasteiger partial charge in [-0.2, -0.15) is 8.78 Å². The molecule has 15 heteroatoms. The summed E-state index contributed by atoms with van der Waals surface area (Å²) >= 11 is 13.1. The molecule has 0 amide bonds. The highest BCUT2D eigenvalue weighted by atomic mass is 35.5. The minimum atomic E-state index is -3.13. The molecule has 2 N–H and O–H groups in total. The third-order valence-corrected chi connectivity index (χ3v) is 11.1. The number of hydrogen-bond acceptors (Lipinski definition) is 9. The molecule has 3 saturated heterocycles. The molecule has 290 valence electrons. The van der Waals surface area contributed by atoms with Gasteiger partial charge >= 0.3 is 12.6 Å². The quantitative estimate of drug-likeness (QED) is 0.0781. The van der Waals surface area contributed by atoms with E-state index in [0.717, 1.165) is 38.8 Å². The van der Waals surface area contributed by atoms with Crippen LogP contribution in [-0.2, 0) is 16.0 Å². The van der Waals surface area contributed by atoms with Crippen molar-refractivity contribution in [2.45, 2.75) is 56.8 Å². The first kappa shape index (κ1) is 38.6. The van der Waals surface area contributed by atoms with Crippen LogP contribution in [-0.4, -0.2) is 61.0 Å². The van der Waals surface area contributed by atoms with Gasteiger partial charge in [-0.05, 0) is 110 Å². The van der Waals surface area contributed by atoms with Gasteiger partial charge in [0.2, 0.25) is 12.4 Å². The van der Waals surface area contributed by atoms with Crippen LogP contribution in [0, 0.1) is 17.7 Å². The molecule has 4 aliphatic rings. The normalized spacial score (nSPS) is 20.1. The summed E-state index contributed by atoms with van der Waals surface area (Å²) in [5, 5.41) is 26.1. The number of halogens is 5. The number of carbonyl (C=O) groups is 2. The molecule has 4 heterocycles. The van der Waals surface area contributed by atoms with Crippen LogP contribution in [0.3, 0.4) is 0 Å². The Bertz CT molecular complexity index is 2020. The topological polar surface area (TPSA) is 124 Å². The summed E-state index contributed by atoms with van der Waals surface area (Å²) in [7, 11) is 0. The Morgan fingerprint density at radius 2 is 1.64 bits per heavy atom. The first-order valence-electron chi connectivity index (χ1n) is 18.0. The number of hydrogen-bond donors (Lipinski definition) is 2. The summed E-state index contributed by atoms with van der Waals surface area (Å²) in [4.78, 5) is 29.0. The molecule has 4 fully saturated rings. The molecular weight excluding hydrogens is 762 g/mol. The van der Waals surface area contributed by atoms with Crippen LogP contribution in [0.1, 0.15) is 70.3 Å². The highest BCUT2D eigenvalue weighted by molar-refractivity contribution is 6.35. The minimum Gasteiger partial charge on any atom is -0.545 e. The third kappa shape index (κ3) is 9.22. The van der Waals surface area contributed by atoms with Crippen molar-refractivity contribution in [3.05, 3.63) is 117 Å². The number of ether oxygens (including phenoxy) is 3. The number of alkyl halides is 2. The fraction of sp³-hybridized carbons (Fsp3) is 0.375. The van der Waals surface area contributed by atoms with E-state index in [1.807, 2.05) is 0 Å². The molecule has 4 aromatic rings. The number of carboxylic acid groups (broad SMARTS) is 1. The van der Waals surface area contributed by atoms with Crippen LogP contribution in [0.15, 0.2) is 73.1 Å². The summed E-state index contributed by atoms with van der Waals surface area (Å²) in [6.07, 6.45) is 5.78. The van der Waals surface area contributed by atoms with Gasteiger partial charge in [-0.1, -0.05) is 47.5 Å². The number of fused-ring (bicyclic) bond motifs is 3. The predicted octanol–water partition coefficient (Wildman–Crippen LogP) is 6.58. The second kappa shape index (κ2) is 16.6. The number of rotatable bonds is 15. The van der Waals surface area contributed by atoms with E-state index >= 15 is 0 Å². The zero-order valence-corrected chi connectivity index (χ0v) is 30.9. The third-order valence-electron chi connectivity index (χ3n) is 10.5. The number of piperidine rings is 3. The van der Waals surface area contributed by atoms with Gasteiger partial charge in [-0.15, -0.1) is 0 Å². The number of esters is 1. The number of pyridine rings is 1. The van der Waals surface area contributed by atoms with Crippen molar-refractivity contribution >= 4 is 40.8 Å². The molecule has 3 aliphatic heterocycles. The Balaban J connectivity index is 1.30. The molecule has 1 saturated carbocycles. The molecule has 2 bridgehead atoms. The van der Waals surface area contributed by atoms with Crippen LogP contribution < -0.4 is 24.6 Å². The summed E-state index contributed by atoms with van der Waals surface area (Å²) < 4.78 is 58.4. The molecule has 8 rings (SSSR count). The second-order valence-electron chi connectivity index (χ2n) is 14.2. The summed E-state index contributed by atoms with van der Waals surface area (Å²) in [6, 6.07) is 13.0. The SMILES string of the molecule is O=C([O-])c1ccc(NC(C(=O)O[C@H]2CN3CCC2CC3)c2ccc(F)cc2)cc1[C@@H](Cc1c(Cl)c[n+](O)cc1Cl)c1ccc(OC(F)F)c(OCC2CC2)c1. The molecule has 10 nitrogen and oxygen atoms in total. The lowest BCUT2D eigenvalue weighted by Gasteiger charge is -2.44. The van der Waals surface area contributed by atoms with Crippen LogP contribution in [0.5, 0.6) is 11.5 Å². The Morgan fingerprint density at radius 1 is 0.945 bits per heavy atom. The molecule has 1 aliphatic carbocycles. The molecule has 3 aromatic carbocycles. The Labute approximate surface area is 325 Å². The molecule has 1 aromatic heterocycles. The van der Waals surface area contributed by atoms with E-state index in [-0.39, 0.29) is 63.6 Å². The van der Waals surface area contributed by atoms with E-state index < -0.39 is 36.3 Å². The van der Waals surface area contributed by atoms with E-state index in [0.29, 0.717) is 33.7 Å². The van der Waals surface area contributed by atoms with Gasteiger partial charge in [0.25, 0.3) is 0 Å². The molecule has 55 heavy (non-hydrogen) atoms. The zero-order valence-electron chi connectivity index (χ0n) is 29.4. The first-order valence-corrected chi connectivity index (χ1v) is 18.8. The van der Waals surface area contributed by atoms with Crippen molar-refractivity contribution in [3.63, 3.8) is 0 Å². The van der Waals surface area contributed by atoms with Crippen molar-refractivity contribution in [1.82, 2.24) is 4.90 Å². The molecular formula is C40H38Cl2F3N3O7. The van der Waals surface area contributed by atoms with Crippen molar-refractivity contribution in [3.8, 4) is 11.5 Å². The van der Waals surface area contributed by atoms with Gasteiger partial charge < -0.3 is 29.4 Å². The van der Waals surface area contributed by atoms with Crippen LogP contribution >= 0.6 is 23.2 Å². The first-order chi connectivity index (χ1) is 26.4. The largest absolute Gasteiger partial charge is 0.545 e. The Morgan fingerprint density at radius 3 is 2.25 bits per heavy atom. The molecule has 1 unspecified atom stereocenters. The second-order valence-corrected chi connectivity index (χ2v) is 15.1. The highest BCUT2D eigenvalue weighted by Gasteiger charge is 2.38. The van der Waals surface area contributed by atoms with Crippen LogP contribution in [0.4, 0.5) is 18.9 Å². The number of nitrogens with zero attached hydrogens (tertiary/aromatic N) is 2. The molecule has 3 atom stereocenters. The smallest absolute Gasteiger partial charge is 0.387 e. The zero-order chi connectivity index (χ0) is 38.8. The number of nitrogens with one attached hydrogen (secondary N) is 1. The molecule has 0 spiro atoms. The molecule has 0 radical (unpaired) electrons. The lowest BCUT2D eigenvalue weighted by atomic mass is 9.83. The van der Waals surface area contributed by atoms with Gasteiger partial charge in [-0.3, -0.25) is 10.1 Å². The standard InChI is InChI=1S/C40H38Cl2F3N3O7/c41-32-18-48(52)19-33(42)31(32)17-29(25-5-10-34(55-40(44)45)35(15-25)53-21-22-1-2-22)30-16-27(8-9-28(30)38(49)50)46-37(24-3-6-26(43)7-4-24)39(51)54-36-20-47-13-11-23(36)12-14-47/h3-10,15-16,18-19,22-23,29,36-37,40,46H,1-2,11-14,17,20-21H2,(H-,49,50,52)/t29-,36-,37?/m0/s1. The number of carboxylic acids is 1. The number of carbonyl (C=O) groups excluding carboxylic acids is 2. The van der Waals surface area contributed by atoms with Gasteiger partial charge in [0.15, 0.2) is 17.5 Å². The maximum Gasteiger partial charge on any atom is 0.387 e. The summed E-state index contributed by atoms with van der Waals surface area (Å²) in [6.45, 7) is -0.348. The van der Waals surface area contributed by atoms with E-state index in [1.165, 1.54) is 67.0 Å².